The number of nitrogen functional groups attached to an aromatic ring is 1. The van der Waals surface area contributed by atoms with Crippen LogP contribution in [0.5, 0.6) is 0 Å². The van der Waals surface area contributed by atoms with Gasteiger partial charge in [0.25, 0.3) is 0 Å². The van der Waals surface area contributed by atoms with Crippen LogP contribution in [0.4, 0.5) is 5.13 Å². The van der Waals surface area contributed by atoms with Crippen molar-refractivity contribution in [2.75, 3.05) is 18.8 Å². The molecule has 1 aromatic carbocycles. The molecule has 0 aliphatic carbocycles. The first-order valence-corrected chi connectivity index (χ1v) is 8.44. The highest BCUT2D eigenvalue weighted by Crippen LogP contribution is 2.38. The zero-order valence-corrected chi connectivity index (χ0v) is 13.7. The maximum Gasteiger partial charge on any atom is 0.240 e. The summed E-state index contributed by atoms with van der Waals surface area (Å²) in [5.74, 6) is 0.0879. The Bertz CT molecular complexity index is 584. The molecule has 0 aliphatic rings. The minimum absolute atomic E-state index is 0.0879. The predicted octanol–water partition coefficient (Wildman–Crippen LogP) is 2.82. The summed E-state index contributed by atoms with van der Waals surface area (Å²) in [6, 6.07) is 9.74. The van der Waals surface area contributed by atoms with E-state index in [-0.39, 0.29) is 11.2 Å². The van der Waals surface area contributed by atoms with Crippen LogP contribution in [0, 0.1) is 0 Å². The molecule has 0 fully saturated rings. The van der Waals surface area contributed by atoms with Crippen molar-refractivity contribution in [3.05, 3.63) is 35.9 Å². The summed E-state index contributed by atoms with van der Waals surface area (Å²) in [6.45, 7) is 5.35. The molecule has 2 N–H and O–H groups in total. The molecule has 21 heavy (non-hydrogen) atoms. The van der Waals surface area contributed by atoms with Crippen molar-refractivity contribution in [1.29, 1.82) is 0 Å². The van der Waals surface area contributed by atoms with E-state index in [0.29, 0.717) is 22.6 Å². The number of thioether (sulfide) groups is 1. The molecule has 0 saturated heterocycles. The lowest BCUT2D eigenvalue weighted by Crippen LogP contribution is -2.33. The standard InChI is InChI=1S/C14H18N4OS2/c1-3-18(4-2)12(19)11(10-8-6-5-7-9-10)20-14-17-16-13(15)21-14/h5-9,11H,3-4H2,1-2H3,(H2,15,16). The number of hydrogen-bond donors (Lipinski definition) is 1. The monoisotopic (exact) mass is 322 g/mol. The average Bonchev–Trinajstić information content (AvgIpc) is 2.92. The number of carbonyl (C=O) groups excluding carboxylic acids is 1. The van der Waals surface area contributed by atoms with Gasteiger partial charge in [-0.3, -0.25) is 4.79 Å². The highest BCUT2D eigenvalue weighted by atomic mass is 32.2. The van der Waals surface area contributed by atoms with Crippen LogP contribution in [0.25, 0.3) is 0 Å². The second kappa shape index (κ2) is 7.42. The molecule has 0 aliphatic heterocycles. The van der Waals surface area contributed by atoms with Gasteiger partial charge < -0.3 is 10.6 Å². The Kier molecular flexibility index (Phi) is 5.58. The first kappa shape index (κ1) is 15.8. The van der Waals surface area contributed by atoms with Crippen LogP contribution in [0.1, 0.15) is 24.7 Å². The van der Waals surface area contributed by atoms with E-state index in [1.54, 1.807) is 0 Å². The zero-order valence-electron chi connectivity index (χ0n) is 12.0. The molecule has 1 amide bonds. The number of benzene rings is 1. The van der Waals surface area contributed by atoms with Gasteiger partial charge in [-0.05, 0) is 19.4 Å². The Labute approximate surface area is 132 Å². The van der Waals surface area contributed by atoms with E-state index < -0.39 is 0 Å². The third-order valence-electron chi connectivity index (χ3n) is 3.04. The molecule has 1 unspecified atom stereocenters. The summed E-state index contributed by atoms with van der Waals surface area (Å²) in [5.41, 5.74) is 6.58. The van der Waals surface area contributed by atoms with Gasteiger partial charge in [0.2, 0.25) is 11.0 Å². The Balaban J connectivity index is 2.28. The summed E-state index contributed by atoms with van der Waals surface area (Å²) < 4.78 is 0.710. The largest absolute Gasteiger partial charge is 0.374 e. The fraction of sp³-hybridized carbons (Fsp3) is 0.357. The molecule has 1 aromatic heterocycles. The van der Waals surface area contributed by atoms with Gasteiger partial charge in [0.1, 0.15) is 5.25 Å². The van der Waals surface area contributed by atoms with E-state index in [1.165, 1.54) is 23.1 Å². The van der Waals surface area contributed by atoms with Gasteiger partial charge in [0.15, 0.2) is 4.34 Å². The van der Waals surface area contributed by atoms with Crippen LogP contribution in [-0.4, -0.2) is 34.1 Å². The highest BCUT2D eigenvalue weighted by molar-refractivity contribution is 8.01. The number of likely N-dealkylation sites (N-methyl/N-ethyl adjacent to an activating group) is 1. The van der Waals surface area contributed by atoms with E-state index in [1.807, 2.05) is 49.1 Å². The third kappa shape index (κ3) is 3.95. The Morgan fingerprint density at radius 2 is 1.95 bits per heavy atom. The van der Waals surface area contributed by atoms with Gasteiger partial charge >= 0.3 is 0 Å². The van der Waals surface area contributed by atoms with E-state index in [9.17, 15) is 4.79 Å². The van der Waals surface area contributed by atoms with Gasteiger partial charge in [-0.15, -0.1) is 10.2 Å². The number of anilines is 1. The Morgan fingerprint density at radius 1 is 1.29 bits per heavy atom. The molecule has 0 saturated carbocycles. The van der Waals surface area contributed by atoms with Crippen LogP contribution in [0.15, 0.2) is 34.7 Å². The molecule has 7 heteroatoms. The molecule has 0 spiro atoms. The molecule has 1 heterocycles. The lowest BCUT2D eigenvalue weighted by molar-refractivity contribution is -0.130. The van der Waals surface area contributed by atoms with Crippen molar-refractivity contribution >= 4 is 34.1 Å². The van der Waals surface area contributed by atoms with Crippen molar-refractivity contribution < 1.29 is 4.79 Å². The number of amides is 1. The minimum Gasteiger partial charge on any atom is -0.374 e. The van der Waals surface area contributed by atoms with E-state index in [2.05, 4.69) is 10.2 Å². The highest BCUT2D eigenvalue weighted by Gasteiger charge is 2.26. The van der Waals surface area contributed by atoms with Gasteiger partial charge in [0.05, 0.1) is 0 Å². The van der Waals surface area contributed by atoms with Crippen molar-refractivity contribution in [2.45, 2.75) is 23.4 Å². The van der Waals surface area contributed by atoms with Crippen molar-refractivity contribution in [3.63, 3.8) is 0 Å². The molecule has 2 rings (SSSR count). The first-order chi connectivity index (χ1) is 10.2. The van der Waals surface area contributed by atoms with Gasteiger partial charge in [0, 0.05) is 13.1 Å². The topological polar surface area (TPSA) is 72.1 Å². The normalized spacial score (nSPS) is 12.1. The summed E-state index contributed by atoms with van der Waals surface area (Å²) in [5, 5.41) is 7.91. The maximum atomic E-state index is 12.7. The lowest BCUT2D eigenvalue weighted by atomic mass is 10.1. The predicted molar refractivity (Wildman–Crippen MR) is 87.3 cm³/mol. The van der Waals surface area contributed by atoms with Crippen molar-refractivity contribution in [2.24, 2.45) is 0 Å². The van der Waals surface area contributed by atoms with Gasteiger partial charge in [-0.25, -0.2) is 0 Å². The number of rotatable bonds is 6. The molecule has 5 nitrogen and oxygen atoms in total. The van der Waals surface area contributed by atoms with E-state index >= 15 is 0 Å². The van der Waals surface area contributed by atoms with Crippen molar-refractivity contribution in [1.82, 2.24) is 15.1 Å². The maximum absolute atomic E-state index is 12.7. The number of carbonyl (C=O) groups is 1. The van der Waals surface area contributed by atoms with E-state index in [0.717, 1.165) is 5.56 Å². The molecule has 112 valence electrons. The van der Waals surface area contributed by atoms with Gasteiger partial charge in [-0.1, -0.05) is 53.4 Å². The Hall–Kier alpha value is -1.60. The van der Waals surface area contributed by atoms with Gasteiger partial charge in [-0.2, -0.15) is 0 Å². The van der Waals surface area contributed by atoms with Crippen LogP contribution < -0.4 is 5.73 Å². The number of nitrogens with zero attached hydrogens (tertiary/aromatic N) is 3. The van der Waals surface area contributed by atoms with Crippen LogP contribution in [0.2, 0.25) is 0 Å². The number of nitrogens with two attached hydrogens (primary N) is 1. The van der Waals surface area contributed by atoms with Crippen molar-refractivity contribution in [3.8, 4) is 0 Å². The zero-order chi connectivity index (χ0) is 15.2. The average molecular weight is 322 g/mol. The second-order valence-electron chi connectivity index (χ2n) is 4.33. The minimum atomic E-state index is -0.321. The SMILES string of the molecule is CCN(CC)C(=O)C(Sc1nnc(N)s1)c1ccccc1. The summed E-state index contributed by atoms with van der Waals surface area (Å²) in [6.07, 6.45) is 0. The molecule has 1 atom stereocenters. The van der Waals surface area contributed by atoms with Crippen LogP contribution >= 0.6 is 23.1 Å². The molecule has 2 aromatic rings. The Morgan fingerprint density at radius 3 is 2.48 bits per heavy atom. The smallest absolute Gasteiger partial charge is 0.240 e. The second-order valence-corrected chi connectivity index (χ2v) is 6.69. The third-order valence-corrected chi connectivity index (χ3v) is 5.12. The van der Waals surface area contributed by atoms with Crippen LogP contribution in [0.3, 0.4) is 0 Å². The van der Waals surface area contributed by atoms with Crippen LogP contribution in [-0.2, 0) is 4.79 Å². The van der Waals surface area contributed by atoms with E-state index in [4.69, 9.17) is 5.73 Å². The molecular weight excluding hydrogens is 304 g/mol. The quantitative estimate of drug-likeness (QED) is 0.828. The fourth-order valence-electron chi connectivity index (χ4n) is 1.96. The summed E-state index contributed by atoms with van der Waals surface area (Å²) in [4.78, 5) is 14.6. The molecular formula is C14H18N4OS2. The summed E-state index contributed by atoms with van der Waals surface area (Å²) in [7, 11) is 0. The number of aromatic nitrogens is 2. The number of hydrogen-bond acceptors (Lipinski definition) is 6. The molecule has 0 radical (unpaired) electrons. The lowest BCUT2D eigenvalue weighted by Gasteiger charge is -2.24. The first-order valence-electron chi connectivity index (χ1n) is 6.75. The molecule has 0 bridgehead atoms. The summed E-state index contributed by atoms with van der Waals surface area (Å²) >= 11 is 2.71. The fourth-order valence-corrected chi connectivity index (χ4v) is 3.87.